The predicted octanol–water partition coefficient (Wildman–Crippen LogP) is 11.9. The zero-order chi connectivity index (χ0) is 53.5. The highest BCUT2D eigenvalue weighted by atomic mass is 79.9. The molecule has 4 N–H and O–H groups in total. The van der Waals surface area contributed by atoms with Crippen molar-refractivity contribution in [2.45, 2.75) is 205 Å². The van der Waals surface area contributed by atoms with Crippen LogP contribution in [0.25, 0.3) is 11.3 Å². The second kappa shape index (κ2) is 24.5. The van der Waals surface area contributed by atoms with Crippen molar-refractivity contribution in [2.24, 2.45) is 0 Å². The molecule has 0 bridgehead atoms. The van der Waals surface area contributed by atoms with Crippen molar-refractivity contribution in [1.29, 1.82) is 0 Å². The third-order valence-electron chi connectivity index (χ3n) is 17.6. The van der Waals surface area contributed by atoms with Crippen molar-refractivity contribution in [3.8, 4) is 11.3 Å². The van der Waals surface area contributed by atoms with Crippen LogP contribution in [-0.4, -0.2) is 103 Å². The Bertz CT molecular complexity index is 2440. The number of nitrogens with zero attached hydrogens (tertiary/aromatic N) is 4. The van der Waals surface area contributed by atoms with E-state index >= 15 is 0 Å². The largest absolute Gasteiger partial charge is 0.494 e. The molecule has 0 radical (unpaired) electrons. The van der Waals surface area contributed by atoms with Crippen molar-refractivity contribution < 1.29 is 19.5 Å². The third kappa shape index (κ3) is 14.4. The van der Waals surface area contributed by atoms with Gasteiger partial charge < -0.3 is 40.0 Å². The van der Waals surface area contributed by atoms with Crippen LogP contribution in [0.4, 0.5) is 11.6 Å². The van der Waals surface area contributed by atoms with Crippen LogP contribution in [0.5, 0.6) is 0 Å². The van der Waals surface area contributed by atoms with Gasteiger partial charge in [-0.05, 0) is 213 Å². The molecule has 2 aromatic heterocycles. The number of pyridine rings is 2. The van der Waals surface area contributed by atoms with Crippen molar-refractivity contribution in [2.75, 3.05) is 62.3 Å². The van der Waals surface area contributed by atoms with Crippen LogP contribution in [0, 0.1) is 0 Å². The van der Waals surface area contributed by atoms with Crippen LogP contribution in [0.1, 0.15) is 182 Å². The van der Waals surface area contributed by atoms with Crippen LogP contribution in [-0.2, 0) is 31.0 Å². The van der Waals surface area contributed by atoms with Gasteiger partial charge in [-0.1, -0.05) is 97.9 Å². The molecule has 10 nitrogen and oxygen atoms in total. The van der Waals surface area contributed by atoms with Gasteiger partial charge in [0.2, 0.25) is 0 Å². The molecule has 0 saturated carbocycles. The summed E-state index contributed by atoms with van der Waals surface area (Å²) in [5.74, 6) is 2.15. The molecule has 3 saturated heterocycles. The van der Waals surface area contributed by atoms with Crippen molar-refractivity contribution in [3.63, 3.8) is 0 Å². The van der Waals surface area contributed by atoms with Crippen molar-refractivity contribution in [1.82, 2.24) is 20.6 Å². The van der Waals surface area contributed by atoms with E-state index in [4.69, 9.17) is 24.5 Å². The molecule has 406 valence electrons. The van der Waals surface area contributed by atoms with Gasteiger partial charge in [-0.25, -0.2) is 9.97 Å². The highest BCUT2D eigenvalue weighted by molar-refractivity contribution is 9.10. The number of nitrogens with one attached hydrogen (secondary N) is 2. The van der Waals surface area contributed by atoms with E-state index in [1.807, 2.05) is 12.1 Å². The fourth-order valence-corrected chi connectivity index (χ4v) is 12.0. The summed E-state index contributed by atoms with van der Waals surface area (Å²) in [4.78, 5) is 14.4. The standard InChI is InChI=1S/C28H41N3O.C20H31BO2.C14H22BrN3O/c1-27(2)14-15-28(3,4)24-20-21(11-12-23(24)27)25-9-5-10-26(30-25)31-17-6-8-22(13-18-31)29-16-7-19-32;1-17(2)11-12-18(3,4)16-13-14(9-10-15(16)17)21-22-19(5,6)20(7,8)23-21;15-13-5-1-6-14(17-13)18-9-2-4-12(7-10-18)16-8-3-11-19/h5,9-12,20,22,29,32H,6-8,13-19H2,1-4H3;9-10,13H,11-12H2,1-8H3;1,5-6,12,16,19H,2-4,7-11H2. The molecule has 0 spiro atoms. The summed E-state index contributed by atoms with van der Waals surface area (Å²) in [5, 5.41) is 25.0. The van der Waals surface area contributed by atoms with Gasteiger partial charge in [-0.15, -0.1) is 0 Å². The first-order valence-corrected chi connectivity index (χ1v) is 29.2. The number of halogens is 1. The summed E-state index contributed by atoms with van der Waals surface area (Å²) in [6, 6.07) is 27.5. The molecule has 2 unspecified atom stereocenters. The molecule has 5 heterocycles. The molecule has 2 aromatic carbocycles. The van der Waals surface area contributed by atoms with Crippen LogP contribution >= 0.6 is 15.9 Å². The lowest BCUT2D eigenvalue weighted by Crippen LogP contribution is -2.41. The molecule has 2 atom stereocenters. The normalized spacial score (nSPS) is 23.2. The minimum absolute atomic E-state index is 0.210. The molecule has 2 aliphatic carbocycles. The lowest BCUT2D eigenvalue weighted by atomic mass is 9.61. The lowest BCUT2D eigenvalue weighted by molar-refractivity contribution is 0.00578. The van der Waals surface area contributed by atoms with E-state index in [9.17, 15) is 0 Å². The molecule has 3 fully saturated rings. The quantitative estimate of drug-likeness (QED) is 0.0621. The second-order valence-electron chi connectivity index (χ2n) is 25.7. The number of anilines is 2. The number of aromatic nitrogens is 2. The first kappa shape index (κ1) is 58.3. The maximum atomic E-state index is 9.03. The maximum absolute atomic E-state index is 9.03. The van der Waals surface area contributed by atoms with Gasteiger partial charge >= 0.3 is 7.12 Å². The Morgan fingerprint density at radius 2 is 1.01 bits per heavy atom. The number of hydrogen-bond donors (Lipinski definition) is 4. The number of rotatable bonds is 12. The Morgan fingerprint density at radius 3 is 1.51 bits per heavy atom. The lowest BCUT2D eigenvalue weighted by Gasteiger charge is -2.42. The van der Waals surface area contributed by atoms with Crippen molar-refractivity contribution >= 4 is 40.1 Å². The van der Waals surface area contributed by atoms with E-state index in [1.54, 1.807) is 0 Å². The van der Waals surface area contributed by atoms with E-state index in [1.165, 1.54) is 79.2 Å². The van der Waals surface area contributed by atoms with Crippen LogP contribution in [0.15, 0.2) is 77.4 Å². The van der Waals surface area contributed by atoms with Gasteiger partial charge in [-0.3, -0.25) is 0 Å². The maximum Gasteiger partial charge on any atom is 0.494 e. The van der Waals surface area contributed by atoms with Gasteiger partial charge in [0.25, 0.3) is 0 Å². The summed E-state index contributed by atoms with van der Waals surface area (Å²) < 4.78 is 13.4. The first-order valence-electron chi connectivity index (χ1n) is 28.4. The van der Waals surface area contributed by atoms with Gasteiger partial charge in [0, 0.05) is 57.0 Å². The number of aliphatic hydroxyl groups is 2. The summed E-state index contributed by atoms with van der Waals surface area (Å²) in [7, 11) is -0.272. The van der Waals surface area contributed by atoms with Gasteiger partial charge in [0.1, 0.15) is 16.2 Å². The number of hydrogen-bond acceptors (Lipinski definition) is 10. The topological polar surface area (TPSA) is 115 Å². The van der Waals surface area contributed by atoms with E-state index in [0.717, 1.165) is 92.3 Å². The van der Waals surface area contributed by atoms with E-state index in [2.05, 4.69) is 185 Å². The molecule has 0 amide bonds. The van der Waals surface area contributed by atoms with Gasteiger partial charge in [-0.2, -0.15) is 0 Å². The fourth-order valence-electron chi connectivity index (χ4n) is 11.6. The Labute approximate surface area is 456 Å². The SMILES string of the molecule is CC1(C)CCC(C)(C)c2cc(-c3cccc(N4CCCC(NCCCO)CC4)n3)ccc21.CC1(C)CCC(C)(C)c2cc(B3OC(C)(C)C(C)(C)O3)ccc21.OCCCNC1CCCN(c2cccc(Br)n2)CC1. The zero-order valence-corrected chi connectivity index (χ0v) is 49.3. The molecule has 12 heteroatoms. The molecule has 9 rings (SSSR count). The third-order valence-corrected chi connectivity index (χ3v) is 18.1. The van der Waals surface area contributed by atoms with Crippen LogP contribution < -0.4 is 25.9 Å². The monoisotopic (exact) mass is 1080 g/mol. The zero-order valence-electron chi connectivity index (χ0n) is 47.7. The minimum Gasteiger partial charge on any atom is -0.399 e. The van der Waals surface area contributed by atoms with Crippen molar-refractivity contribution in [3.05, 3.63) is 99.7 Å². The summed E-state index contributed by atoms with van der Waals surface area (Å²) in [5.41, 5.74) is 9.72. The predicted molar refractivity (Wildman–Crippen MR) is 313 cm³/mol. The second-order valence-corrected chi connectivity index (χ2v) is 26.5. The minimum atomic E-state index is -0.289. The molecule has 5 aliphatic rings. The summed E-state index contributed by atoms with van der Waals surface area (Å²) in [6.07, 6.45) is 13.6. The molecular weight excluding hydrogens is 983 g/mol. The Morgan fingerprint density at radius 1 is 0.554 bits per heavy atom. The molecule has 3 aliphatic heterocycles. The average molecular weight is 1080 g/mol. The van der Waals surface area contributed by atoms with E-state index < -0.39 is 0 Å². The van der Waals surface area contributed by atoms with Gasteiger partial charge in [0.15, 0.2) is 0 Å². The highest BCUT2D eigenvalue weighted by Gasteiger charge is 2.52. The van der Waals surface area contributed by atoms with E-state index in [0.29, 0.717) is 12.1 Å². The Kier molecular flexibility index (Phi) is 19.3. The van der Waals surface area contributed by atoms with Crippen LogP contribution in [0.3, 0.4) is 0 Å². The van der Waals surface area contributed by atoms with E-state index in [-0.39, 0.29) is 53.2 Å². The molecule has 74 heavy (non-hydrogen) atoms. The van der Waals surface area contributed by atoms with Gasteiger partial charge in [0.05, 0.1) is 16.9 Å². The number of aliphatic hydroxyl groups excluding tert-OH is 2. The number of fused-ring (bicyclic) bond motifs is 2. The van der Waals surface area contributed by atoms with Crippen LogP contribution in [0.2, 0.25) is 0 Å². The smallest absolute Gasteiger partial charge is 0.399 e. The fraction of sp³-hybridized carbons (Fsp3) is 0.645. The number of benzene rings is 2. The average Bonchev–Trinajstić information content (AvgIpc) is 3.62. The Hall–Kier alpha value is -3.36. The highest BCUT2D eigenvalue weighted by Crippen LogP contribution is 2.48. The molecular formula is C62H94BBrN6O4. The summed E-state index contributed by atoms with van der Waals surface area (Å²) >= 11 is 3.43. The Balaban J connectivity index is 0.000000169. The summed E-state index contributed by atoms with van der Waals surface area (Å²) in [6.45, 7) is 33.9. The molecule has 4 aromatic rings. The first-order chi connectivity index (χ1) is 34.9.